The van der Waals surface area contributed by atoms with Crippen LogP contribution in [0.4, 0.5) is 0 Å². The third-order valence-corrected chi connectivity index (χ3v) is 2.71. The lowest BCUT2D eigenvalue weighted by Gasteiger charge is -2.09. The Morgan fingerprint density at radius 3 is 2.53 bits per heavy atom. The Balaban J connectivity index is 2.13. The van der Waals surface area contributed by atoms with Crippen LogP contribution in [0.2, 0.25) is 5.02 Å². The second-order valence-corrected chi connectivity index (χ2v) is 3.94. The average molecular weight is 247 g/mol. The van der Waals surface area contributed by atoms with Crippen molar-refractivity contribution in [1.29, 1.82) is 0 Å². The van der Waals surface area contributed by atoms with Gasteiger partial charge >= 0.3 is 0 Å². The standard InChI is InChI=1S/C14H11ClO2/c15-13-7-3-4-8-14(13)17-10-12-6-2-1-5-11(12)9-16/h1-9H,10H2. The number of carbonyl (C=O) groups is 1. The highest BCUT2D eigenvalue weighted by atomic mass is 35.5. The first-order chi connectivity index (χ1) is 8.31. The maximum absolute atomic E-state index is 10.8. The highest BCUT2D eigenvalue weighted by molar-refractivity contribution is 6.32. The first-order valence-electron chi connectivity index (χ1n) is 5.21. The molecule has 0 saturated heterocycles. The molecule has 0 N–H and O–H groups in total. The Morgan fingerprint density at radius 2 is 1.76 bits per heavy atom. The van der Waals surface area contributed by atoms with Crippen molar-refractivity contribution < 1.29 is 9.53 Å². The van der Waals surface area contributed by atoms with Crippen LogP contribution in [0, 0.1) is 0 Å². The molecule has 17 heavy (non-hydrogen) atoms. The van der Waals surface area contributed by atoms with E-state index in [1.807, 2.05) is 30.3 Å². The summed E-state index contributed by atoms with van der Waals surface area (Å²) in [7, 11) is 0. The van der Waals surface area contributed by atoms with Crippen LogP contribution >= 0.6 is 11.6 Å². The zero-order chi connectivity index (χ0) is 12.1. The Morgan fingerprint density at radius 1 is 1.06 bits per heavy atom. The number of benzene rings is 2. The number of hydrogen-bond donors (Lipinski definition) is 0. The molecule has 0 spiro atoms. The Labute approximate surface area is 105 Å². The smallest absolute Gasteiger partial charge is 0.150 e. The fourth-order valence-electron chi connectivity index (χ4n) is 1.50. The van der Waals surface area contributed by atoms with Gasteiger partial charge in [0.05, 0.1) is 5.02 Å². The minimum absolute atomic E-state index is 0.332. The first kappa shape index (κ1) is 11.7. The van der Waals surface area contributed by atoms with Gasteiger partial charge in [0, 0.05) is 5.56 Å². The number of aldehydes is 1. The van der Waals surface area contributed by atoms with Crippen LogP contribution in [0.15, 0.2) is 48.5 Å². The van der Waals surface area contributed by atoms with E-state index in [9.17, 15) is 4.79 Å². The number of rotatable bonds is 4. The summed E-state index contributed by atoms with van der Waals surface area (Å²) < 4.78 is 5.57. The van der Waals surface area contributed by atoms with Gasteiger partial charge in [-0.3, -0.25) is 4.79 Å². The molecule has 0 aromatic heterocycles. The van der Waals surface area contributed by atoms with E-state index in [4.69, 9.17) is 16.3 Å². The summed E-state index contributed by atoms with van der Waals surface area (Å²) in [6, 6.07) is 14.6. The zero-order valence-corrected chi connectivity index (χ0v) is 9.85. The summed E-state index contributed by atoms with van der Waals surface area (Å²) >= 11 is 5.97. The normalized spacial score (nSPS) is 9.94. The minimum Gasteiger partial charge on any atom is -0.487 e. The Kier molecular flexibility index (Phi) is 3.78. The molecule has 0 aliphatic rings. The molecule has 0 atom stereocenters. The highest BCUT2D eigenvalue weighted by Crippen LogP contribution is 2.24. The van der Waals surface area contributed by atoms with Crippen LogP contribution in [0.5, 0.6) is 5.75 Å². The van der Waals surface area contributed by atoms with Gasteiger partial charge in [0.1, 0.15) is 18.6 Å². The Hall–Kier alpha value is -1.80. The summed E-state index contributed by atoms with van der Waals surface area (Å²) in [5.41, 5.74) is 1.49. The van der Waals surface area contributed by atoms with E-state index in [-0.39, 0.29) is 0 Å². The largest absolute Gasteiger partial charge is 0.487 e. The molecule has 0 aliphatic carbocycles. The summed E-state index contributed by atoms with van der Waals surface area (Å²) in [5.74, 6) is 0.620. The molecule has 0 fully saturated rings. The molecule has 0 unspecified atom stereocenters. The quantitative estimate of drug-likeness (QED) is 0.769. The number of para-hydroxylation sites is 1. The number of carbonyl (C=O) groups excluding carboxylic acids is 1. The van der Waals surface area contributed by atoms with Crippen LogP contribution in [0.3, 0.4) is 0 Å². The summed E-state index contributed by atoms with van der Waals surface area (Å²) in [6.45, 7) is 0.332. The van der Waals surface area contributed by atoms with Crippen LogP contribution < -0.4 is 4.74 Å². The van der Waals surface area contributed by atoms with Gasteiger partial charge in [0.15, 0.2) is 0 Å². The molecule has 3 heteroatoms. The minimum atomic E-state index is 0.332. The predicted molar refractivity (Wildman–Crippen MR) is 67.6 cm³/mol. The molecule has 0 bridgehead atoms. The van der Waals surface area contributed by atoms with E-state index < -0.39 is 0 Å². The molecule has 0 amide bonds. The Bertz CT molecular complexity index is 523. The molecule has 2 nitrogen and oxygen atoms in total. The van der Waals surface area contributed by atoms with Crippen molar-refractivity contribution in [3.63, 3.8) is 0 Å². The summed E-state index contributed by atoms with van der Waals surface area (Å²) in [5, 5.41) is 0.566. The van der Waals surface area contributed by atoms with E-state index in [2.05, 4.69) is 0 Å². The maximum atomic E-state index is 10.8. The molecule has 0 heterocycles. The molecule has 86 valence electrons. The van der Waals surface area contributed by atoms with Gasteiger partial charge < -0.3 is 4.74 Å². The van der Waals surface area contributed by atoms with E-state index >= 15 is 0 Å². The summed E-state index contributed by atoms with van der Waals surface area (Å²) in [4.78, 5) is 10.8. The number of ether oxygens (including phenoxy) is 1. The molecule has 2 rings (SSSR count). The van der Waals surface area contributed by atoms with Crippen LogP contribution in [-0.4, -0.2) is 6.29 Å². The number of halogens is 1. The highest BCUT2D eigenvalue weighted by Gasteiger charge is 2.03. The van der Waals surface area contributed by atoms with Crippen LogP contribution in [0.25, 0.3) is 0 Å². The van der Waals surface area contributed by atoms with Crippen LogP contribution in [-0.2, 0) is 6.61 Å². The monoisotopic (exact) mass is 246 g/mol. The van der Waals surface area contributed by atoms with E-state index in [1.54, 1.807) is 18.2 Å². The molecule has 0 aliphatic heterocycles. The van der Waals surface area contributed by atoms with Crippen molar-refractivity contribution in [3.8, 4) is 5.75 Å². The lowest BCUT2D eigenvalue weighted by molar-refractivity contribution is 0.112. The molecule has 2 aromatic carbocycles. The number of hydrogen-bond acceptors (Lipinski definition) is 2. The molecule has 2 aromatic rings. The SMILES string of the molecule is O=Cc1ccccc1COc1ccccc1Cl. The predicted octanol–water partition coefficient (Wildman–Crippen LogP) is 3.73. The second kappa shape index (κ2) is 5.51. The summed E-state index contributed by atoms with van der Waals surface area (Å²) in [6.07, 6.45) is 0.825. The third kappa shape index (κ3) is 2.86. The van der Waals surface area contributed by atoms with Gasteiger partial charge in [-0.2, -0.15) is 0 Å². The van der Waals surface area contributed by atoms with E-state index in [0.29, 0.717) is 22.9 Å². The fraction of sp³-hybridized carbons (Fsp3) is 0.0714. The van der Waals surface area contributed by atoms with Crippen molar-refractivity contribution in [3.05, 3.63) is 64.7 Å². The van der Waals surface area contributed by atoms with Crippen molar-refractivity contribution in [1.82, 2.24) is 0 Å². The second-order valence-electron chi connectivity index (χ2n) is 3.54. The van der Waals surface area contributed by atoms with E-state index in [1.165, 1.54) is 0 Å². The maximum Gasteiger partial charge on any atom is 0.150 e. The lowest BCUT2D eigenvalue weighted by Crippen LogP contribution is -1.99. The van der Waals surface area contributed by atoms with Gasteiger partial charge in [0.25, 0.3) is 0 Å². The van der Waals surface area contributed by atoms with Gasteiger partial charge in [-0.1, -0.05) is 48.0 Å². The topological polar surface area (TPSA) is 26.3 Å². The van der Waals surface area contributed by atoms with Crippen molar-refractivity contribution >= 4 is 17.9 Å². The van der Waals surface area contributed by atoms with Crippen molar-refractivity contribution in [2.45, 2.75) is 6.61 Å². The zero-order valence-electron chi connectivity index (χ0n) is 9.10. The van der Waals surface area contributed by atoms with Gasteiger partial charge in [-0.05, 0) is 17.7 Å². The first-order valence-corrected chi connectivity index (χ1v) is 5.59. The lowest BCUT2D eigenvalue weighted by atomic mass is 10.1. The van der Waals surface area contributed by atoms with Gasteiger partial charge in [-0.25, -0.2) is 0 Å². The van der Waals surface area contributed by atoms with Gasteiger partial charge in [-0.15, -0.1) is 0 Å². The van der Waals surface area contributed by atoms with Crippen molar-refractivity contribution in [2.24, 2.45) is 0 Å². The van der Waals surface area contributed by atoms with Crippen LogP contribution in [0.1, 0.15) is 15.9 Å². The van der Waals surface area contributed by atoms with Gasteiger partial charge in [0.2, 0.25) is 0 Å². The molecule has 0 saturated carbocycles. The van der Waals surface area contributed by atoms with E-state index in [0.717, 1.165) is 11.8 Å². The van der Waals surface area contributed by atoms with Crippen molar-refractivity contribution in [2.75, 3.05) is 0 Å². The average Bonchev–Trinajstić information content (AvgIpc) is 2.38. The molecule has 0 radical (unpaired) electrons. The molecular formula is C14H11ClO2. The fourth-order valence-corrected chi connectivity index (χ4v) is 1.69. The third-order valence-electron chi connectivity index (χ3n) is 2.40. The molecular weight excluding hydrogens is 236 g/mol.